The lowest BCUT2D eigenvalue weighted by molar-refractivity contribution is -0.140. The van der Waals surface area contributed by atoms with Crippen LogP contribution in [0.25, 0.3) is 0 Å². The van der Waals surface area contributed by atoms with Crippen LogP contribution in [0, 0.1) is 17.6 Å². The minimum absolute atomic E-state index is 0.0330. The molecule has 2 aromatic rings. The molecule has 34 heavy (non-hydrogen) atoms. The van der Waals surface area contributed by atoms with Crippen molar-refractivity contribution in [1.29, 1.82) is 0 Å². The van der Waals surface area contributed by atoms with Crippen LogP contribution in [0.3, 0.4) is 0 Å². The van der Waals surface area contributed by atoms with Gasteiger partial charge in [0, 0.05) is 25.3 Å². The lowest BCUT2D eigenvalue weighted by Gasteiger charge is -2.35. The SMILES string of the molecule is O=C(NC(CCO[C@H]1C[C@H](CCc2ccc3c(n2)NCCC3)C1)C(=O)O)c1cc(F)ccc1F. The topological polar surface area (TPSA) is 101 Å². The summed E-state index contributed by atoms with van der Waals surface area (Å²) < 4.78 is 32.8. The first-order chi connectivity index (χ1) is 16.4. The number of aliphatic carboxylic acids is 1. The van der Waals surface area contributed by atoms with Crippen molar-refractivity contribution >= 4 is 17.7 Å². The number of pyridine rings is 1. The summed E-state index contributed by atoms with van der Waals surface area (Å²) in [6.07, 6.45) is 6.06. The fraction of sp³-hybridized carbons (Fsp3) is 0.480. The number of hydrogen-bond donors (Lipinski definition) is 3. The standard InChI is InChI=1S/C25H29F2N3O4/c26-17-5-8-21(27)20(14-17)24(31)30-22(25(32)33)9-11-34-19-12-15(13-19)3-6-18-7-4-16-2-1-10-28-23(16)29-18/h4-5,7-8,14-15,19,22H,1-3,6,9-13H2,(H,28,29)(H,30,31)(H,32,33)/t15-,19-,22?. The van der Waals surface area contributed by atoms with Gasteiger partial charge in [0.2, 0.25) is 0 Å². The molecule has 1 unspecified atom stereocenters. The summed E-state index contributed by atoms with van der Waals surface area (Å²) in [4.78, 5) is 28.4. The third-order valence-corrected chi connectivity index (χ3v) is 6.49. The van der Waals surface area contributed by atoms with Crippen LogP contribution in [0.4, 0.5) is 14.6 Å². The first kappa shape index (κ1) is 24.1. The molecule has 7 nitrogen and oxygen atoms in total. The van der Waals surface area contributed by atoms with E-state index >= 15 is 0 Å². The predicted molar refractivity (Wildman–Crippen MR) is 122 cm³/mol. The van der Waals surface area contributed by atoms with Crippen molar-refractivity contribution in [3.05, 3.63) is 58.8 Å². The van der Waals surface area contributed by atoms with E-state index in [9.17, 15) is 23.5 Å². The molecule has 4 rings (SSSR count). The molecule has 0 spiro atoms. The summed E-state index contributed by atoms with van der Waals surface area (Å²) in [5, 5.41) is 15.0. The molecule has 9 heteroatoms. The molecule has 2 heterocycles. The predicted octanol–water partition coefficient (Wildman–Crippen LogP) is 3.72. The van der Waals surface area contributed by atoms with Crippen molar-refractivity contribution in [2.45, 2.75) is 57.1 Å². The lowest BCUT2D eigenvalue weighted by Crippen LogP contribution is -2.42. The molecule has 3 N–H and O–H groups in total. The number of nitrogens with one attached hydrogen (secondary N) is 2. The van der Waals surface area contributed by atoms with Crippen molar-refractivity contribution in [1.82, 2.24) is 10.3 Å². The summed E-state index contributed by atoms with van der Waals surface area (Å²) in [5.74, 6) is -2.37. The van der Waals surface area contributed by atoms with E-state index in [1.807, 2.05) is 0 Å². The van der Waals surface area contributed by atoms with Crippen LogP contribution in [0.15, 0.2) is 30.3 Å². The van der Waals surface area contributed by atoms with Gasteiger partial charge < -0.3 is 20.5 Å². The molecule has 182 valence electrons. The zero-order chi connectivity index (χ0) is 24.1. The largest absolute Gasteiger partial charge is 0.480 e. The van der Waals surface area contributed by atoms with Gasteiger partial charge in [0.05, 0.1) is 11.7 Å². The number of hydrogen-bond acceptors (Lipinski definition) is 5. The molecule has 1 atom stereocenters. The highest BCUT2D eigenvalue weighted by Gasteiger charge is 2.30. The quantitative estimate of drug-likeness (QED) is 0.486. The molecule has 1 aliphatic carbocycles. The Morgan fingerprint density at radius 3 is 2.85 bits per heavy atom. The van der Waals surface area contributed by atoms with E-state index < -0.39 is 35.1 Å². The van der Waals surface area contributed by atoms with E-state index in [4.69, 9.17) is 9.72 Å². The molecule has 1 amide bonds. The number of nitrogens with zero attached hydrogens (tertiary/aromatic N) is 1. The number of ether oxygens (including phenoxy) is 1. The van der Waals surface area contributed by atoms with Crippen molar-refractivity contribution < 1.29 is 28.2 Å². The van der Waals surface area contributed by atoms with E-state index in [0.717, 1.165) is 74.8 Å². The van der Waals surface area contributed by atoms with Crippen LogP contribution in [0.1, 0.15) is 53.7 Å². The number of fused-ring (bicyclic) bond motifs is 1. The minimum atomic E-state index is -1.26. The fourth-order valence-corrected chi connectivity index (χ4v) is 4.42. The van der Waals surface area contributed by atoms with E-state index in [0.29, 0.717) is 5.92 Å². The number of aryl methyl sites for hydroxylation is 2. The number of amides is 1. The molecule has 0 saturated heterocycles. The molecule has 1 aromatic carbocycles. The van der Waals surface area contributed by atoms with Crippen LogP contribution in [0.5, 0.6) is 0 Å². The van der Waals surface area contributed by atoms with Gasteiger partial charge in [0.1, 0.15) is 23.5 Å². The van der Waals surface area contributed by atoms with Gasteiger partial charge >= 0.3 is 5.97 Å². The molecule has 1 saturated carbocycles. The van der Waals surface area contributed by atoms with Crippen LogP contribution in [-0.4, -0.2) is 47.3 Å². The maximum atomic E-state index is 13.8. The van der Waals surface area contributed by atoms with Gasteiger partial charge in [0.15, 0.2) is 0 Å². The van der Waals surface area contributed by atoms with Crippen molar-refractivity contribution in [3.63, 3.8) is 0 Å². The highest BCUT2D eigenvalue weighted by molar-refractivity contribution is 5.96. The average molecular weight is 474 g/mol. The van der Waals surface area contributed by atoms with Gasteiger partial charge in [-0.3, -0.25) is 4.79 Å². The molecule has 1 aromatic heterocycles. The van der Waals surface area contributed by atoms with Gasteiger partial charge in [-0.25, -0.2) is 18.6 Å². The molecule has 1 aliphatic heterocycles. The first-order valence-corrected chi connectivity index (χ1v) is 11.7. The number of anilines is 1. The third-order valence-electron chi connectivity index (χ3n) is 6.49. The van der Waals surface area contributed by atoms with E-state index in [2.05, 4.69) is 22.8 Å². The number of halogens is 2. The Morgan fingerprint density at radius 2 is 2.06 bits per heavy atom. The van der Waals surface area contributed by atoms with Crippen LogP contribution in [0.2, 0.25) is 0 Å². The van der Waals surface area contributed by atoms with Crippen molar-refractivity contribution in [2.75, 3.05) is 18.5 Å². The summed E-state index contributed by atoms with van der Waals surface area (Å²) in [5.41, 5.74) is 1.84. The Balaban J connectivity index is 1.16. The van der Waals surface area contributed by atoms with Gasteiger partial charge in [-0.2, -0.15) is 0 Å². The van der Waals surface area contributed by atoms with Crippen LogP contribution in [-0.2, 0) is 22.4 Å². The maximum absolute atomic E-state index is 13.8. The highest BCUT2D eigenvalue weighted by Crippen LogP contribution is 2.34. The third kappa shape index (κ3) is 6.08. The lowest BCUT2D eigenvalue weighted by atomic mass is 9.79. The first-order valence-electron chi connectivity index (χ1n) is 11.7. The Bertz CT molecular complexity index is 1040. The molecule has 2 aliphatic rings. The second kappa shape index (κ2) is 10.9. The average Bonchev–Trinajstić information content (AvgIpc) is 2.80. The Morgan fingerprint density at radius 1 is 1.24 bits per heavy atom. The number of benzene rings is 1. The second-order valence-corrected chi connectivity index (χ2v) is 8.99. The molecular weight excluding hydrogens is 444 g/mol. The molecule has 1 fully saturated rings. The van der Waals surface area contributed by atoms with Crippen molar-refractivity contribution in [2.24, 2.45) is 5.92 Å². The smallest absolute Gasteiger partial charge is 0.326 e. The zero-order valence-corrected chi connectivity index (χ0v) is 18.9. The monoisotopic (exact) mass is 473 g/mol. The Labute approximate surface area is 196 Å². The molecule has 0 radical (unpaired) electrons. The molecular formula is C25H29F2N3O4. The summed E-state index contributed by atoms with van der Waals surface area (Å²) in [6, 6.07) is 5.47. The number of carboxylic acid groups (broad SMARTS) is 1. The normalized spacial score (nSPS) is 19.9. The van der Waals surface area contributed by atoms with E-state index in [1.54, 1.807) is 0 Å². The minimum Gasteiger partial charge on any atom is -0.480 e. The van der Waals surface area contributed by atoms with Crippen LogP contribution >= 0.6 is 0 Å². The number of carboxylic acids is 1. The summed E-state index contributed by atoms with van der Waals surface area (Å²) in [7, 11) is 0. The van der Waals surface area contributed by atoms with E-state index in [-0.39, 0.29) is 19.1 Å². The van der Waals surface area contributed by atoms with Gasteiger partial charge in [0.25, 0.3) is 5.91 Å². The Kier molecular flexibility index (Phi) is 7.72. The van der Waals surface area contributed by atoms with Crippen LogP contribution < -0.4 is 10.6 Å². The van der Waals surface area contributed by atoms with Gasteiger partial charge in [-0.15, -0.1) is 0 Å². The summed E-state index contributed by atoms with van der Waals surface area (Å²) >= 11 is 0. The Hall–Kier alpha value is -3.07. The van der Waals surface area contributed by atoms with Crippen molar-refractivity contribution in [3.8, 4) is 0 Å². The fourth-order valence-electron chi connectivity index (χ4n) is 4.42. The zero-order valence-electron chi connectivity index (χ0n) is 18.9. The number of rotatable bonds is 10. The van der Waals surface area contributed by atoms with E-state index in [1.165, 1.54) is 5.56 Å². The number of aromatic nitrogens is 1. The number of carbonyl (C=O) groups excluding carboxylic acids is 1. The maximum Gasteiger partial charge on any atom is 0.326 e. The van der Waals surface area contributed by atoms with Gasteiger partial charge in [-0.1, -0.05) is 6.07 Å². The number of carbonyl (C=O) groups is 2. The highest BCUT2D eigenvalue weighted by atomic mass is 19.1. The second-order valence-electron chi connectivity index (χ2n) is 8.99. The van der Waals surface area contributed by atoms with Gasteiger partial charge in [-0.05, 0) is 74.3 Å². The summed E-state index contributed by atoms with van der Waals surface area (Å²) in [6.45, 7) is 1.12. The molecule has 0 bridgehead atoms.